The maximum absolute atomic E-state index is 4.80. The summed E-state index contributed by atoms with van der Waals surface area (Å²) in [6.45, 7) is 2.43. The summed E-state index contributed by atoms with van der Waals surface area (Å²) in [6.07, 6.45) is 6.85. The molecule has 2 aliphatic rings. The molecule has 3 heterocycles. The molecule has 0 radical (unpaired) electrons. The molecule has 1 aromatic heterocycles. The molecule has 144 valence electrons. The van der Waals surface area contributed by atoms with E-state index in [0.717, 1.165) is 5.82 Å². The van der Waals surface area contributed by atoms with Crippen LogP contribution in [0.15, 0.2) is 41.5 Å². The van der Waals surface area contributed by atoms with Crippen molar-refractivity contribution in [2.45, 2.75) is 25.7 Å². The second kappa shape index (κ2) is 6.66. The minimum Gasteiger partial charge on any atom is -0.371 e. The third-order valence-electron chi connectivity index (χ3n) is 6.33. The number of benzene rings is 2. The van der Waals surface area contributed by atoms with Crippen molar-refractivity contribution in [2.24, 2.45) is 19.2 Å². The van der Waals surface area contributed by atoms with Gasteiger partial charge in [-0.05, 0) is 61.1 Å². The first-order chi connectivity index (χ1) is 13.6. The van der Waals surface area contributed by atoms with Gasteiger partial charge in [0.15, 0.2) is 11.0 Å². The van der Waals surface area contributed by atoms with Gasteiger partial charge in [0.05, 0.1) is 19.8 Å². The van der Waals surface area contributed by atoms with Crippen LogP contribution < -0.4 is 14.5 Å². The smallest absolute Gasteiger partial charge is 0.302 e. The van der Waals surface area contributed by atoms with Gasteiger partial charge in [-0.3, -0.25) is 5.01 Å². The molecule has 0 aliphatic carbocycles. The first-order valence-corrected chi connectivity index (χ1v) is 10.3. The number of aryl methyl sites for hydroxylation is 4. The summed E-state index contributed by atoms with van der Waals surface area (Å²) < 4.78 is 4.39. The predicted molar refractivity (Wildman–Crippen MR) is 115 cm³/mol. The van der Waals surface area contributed by atoms with E-state index in [9.17, 15) is 0 Å². The van der Waals surface area contributed by atoms with Gasteiger partial charge in [0.1, 0.15) is 6.21 Å². The Morgan fingerprint density at radius 2 is 1.75 bits per heavy atom. The maximum Gasteiger partial charge on any atom is 0.302 e. The Bertz CT molecular complexity index is 1010. The van der Waals surface area contributed by atoms with Gasteiger partial charge < -0.3 is 4.90 Å². The topological polar surface area (TPSA) is 27.6 Å². The Morgan fingerprint density at radius 1 is 1.07 bits per heavy atom. The Morgan fingerprint density at radius 3 is 2.43 bits per heavy atom. The van der Waals surface area contributed by atoms with Gasteiger partial charge in [-0.15, -0.1) is 0 Å². The summed E-state index contributed by atoms with van der Waals surface area (Å²) in [4.78, 5) is 2.58. The molecule has 5 rings (SSSR count). The maximum atomic E-state index is 4.80. The Balaban J connectivity index is 1.49. The molecular formula is C23H28N5+. The van der Waals surface area contributed by atoms with Crippen LogP contribution in [0.5, 0.6) is 0 Å². The highest BCUT2D eigenvalue weighted by atomic mass is 15.4. The largest absolute Gasteiger partial charge is 0.371 e. The Kier molecular flexibility index (Phi) is 4.11. The van der Waals surface area contributed by atoms with Crippen molar-refractivity contribution in [3.05, 3.63) is 53.3 Å². The third-order valence-corrected chi connectivity index (χ3v) is 6.33. The van der Waals surface area contributed by atoms with Gasteiger partial charge in [0, 0.05) is 25.8 Å². The molecule has 28 heavy (non-hydrogen) atoms. The zero-order chi connectivity index (χ0) is 19.3. The van der Waals surface area contributed by atoms with E-state index in [1.807, 2.05) is 11.2 Å². The standard InChI is InChI=1S/C23H28N5/c1-25-20-10-4-5-11-21(20)26(2)22(25)16-24-27(3)19-14-17-8-6-12-28-13-7-9-18(15-19)23(17)28/h4-5,10-11,14-16H,6-9,12-13H2,1-3H3/q+1. The summed E-state index contributed by atoms with van der Waals surface area (Å²) in [5.74, 6) is 1.08. The van der Waals surface area contributed by atoms with E-state index in [-0.39, 0.29) is 0 Å². The van der Waals surface area contributed by atoms with Crippen LogP contribution >= 0.6 is 0 Å². The second-order valence-corrected chi connectivity index (χ2v) is 8.04. The lowest BCUT2D eigenvalue weighted by Gasteiger charge is -2.37. The van der Waals surface area contributed by atoms with Crippen LogP contribution in [0.3, 0.4) is 0 Å². The molecule has 0 fully saturated rings. The molecule has 2 aliphatic heterocycles. The molecule has 0 N–H and O–H groups in total. The highest BCUT2D eigenvalue weighted by molar-refractivity contribution is 5.81. The van der Waals surface area contributed by atoms with Crippen molar-refractivity contribution >= 4 is 28.6 Å². The fourth-order valence-electron chi connectivity index (χ4n) is 4.85. The van der Waals surface area contributed by atoms with Crippen molar-refractivity contribution < 1.29 is 4.57 Å². The zero-order valence-corrected chi connectivity index (χ0v) is 17.0. The van der Waals surface area contributed by atoms with Crippen molar-refractivity contribution in [1.29, 1.82) is 0 Å². The Hall–Kier alpha value is -2.82. The molecule has 0 saturated carbocycles. The number of para-hydroxylation sites is 2. The van der Waals surface area contributed by atoms with Crippen LogP contribution in [0.2, 0.25) is 0 Å². The van der Waals surface area contributed by atoms with Crippen LogP contribution in [0.25, 0.3) is 11.0 Å². The van der Waals surface area contributed by atoms with Crippen molar-refractivity contribution in [2.75, 3.05) is 30.0 Å². The Labute approximate surface area is 166 Å². The fourth-order valence-corrected chi connectivity index (χ4v) is 4.85. The predicted octanol–water partition coefficient (Wildman–Crippen LogP) is 3.17. The van der Waals surface area contributed by atoms with E-state index in [1.54, 1.807) is 0 Å². The number of imidazole rings is 1. The van der Waals surface area contributed by atoms with E-state index in [1.165, 1.54) is 72.3 Å². The minimum absolute atomic E-state index is 1.08. The molecule has 0 amide bonds. The highest BCUT2D eigenvalue weighted by Gasteiger charge is 2.25. The number of aromatic nitrogens is 2. The lowest BCUT2D eigenvalue weighted by atomic mass is 9.91. The van der Waals surface area contributed by atoms with Gasteiger partial charge in [-0.2, -0.15) is 5.10 Å². The zero-order valence-electron chi connectivity index (χ0n) is 17.0. The second-order valence-electron chi connectivity index (χ2n) is 8.04. The van der Waals surface area contributed by atoms with Gasteiger partial charge in [0.2, 0.25) is 0 Å². The third kappa shape index (κ3) is 2.68. The summed E-state index contributed by atoms with van der Waals surface area (Å²) >= 11 is 0. The summed E-state index contributed by atoms with van der Waals surface area (Å²) in [6, 6.07) is 13.1. The summed E-state index contributed by atoms with van der Waals surface area (Å²) in [5, 5.41) is 6.81. The van der Waals surface area contributed by atoms with Crippen LogP contribution in [-0.4, -0.2) is 30.9 Å². The molecule has 3 aromatic rings. The number of hydrazone groups is 1. The number of nitrogens with zero attached hydrogens (tertiary/aromatic N) is 5. The molecule has 2 aromatic carbocycles. The number of anilines is 2. The summed E-state index contributed by atoms with van der Waals surface area (Å²) in [5.41, 5.74) is 8.13. The number of hydrogen-bond acceptors (Lipinski definition) is 3. The van der Waals surface area contributed by atoms with E-state index >= 15 is 0 Å². The normalized spacial score (nSPS) is 16.0. The molecule has 5 heteroatoms. The van der Waals surface area contributed by atoms with E-state index in [4.69, 9.17) is 5.10 Å². The lowest BCUT2D eigenvalue weighted by Crippen LogP contribution is -2.34. The molecular weight excluding hydrogens is 346 g/mol. The van der Waals surface area contributed by atoms with Crippen LogP contribution in [0.4, 0.5) is 11.4 Å². The fraction of sp³-hybridized carbons (Fsp3) is 0.391. The van der Waals surface area contributed by atoms with Gasteiger partial charge >= 0.3 is 5.82 Å². The van der Waals surface area contributed by atoms with Gasteiger partial charge in [-0.1, -0.05) is 12.1 Å². The number of hydrogen-bond donors (Lipinski definition) is 0. The van der Waals surface area contributed by atoms with Crippen LogP contribution in [0.1, 0.15) is 29.8 Å². The van der Waals surface area contributed by atoms with E-state index in [0.29, 0.717) is 0 Å². The summed E-state index contributed by atoms with van der Waals surface area (Å²) in [7, 11) is 6.25. The van der Waals surface area contributed by atoms with Crippen LogP contribution in [-0.2, 0) is 26.9 Å². The number of fused-ring (bicyclic) bond motifs is 1. The molecule has 5 nitrogen and oxygen atoms in total. The molecule has 0 bridgehead atoms. The number of rotatable bonds is 3. The highest BCUT2D eigenvalue weighted by Crippen LogP contribution is 2.38. The van der Waals surface area contributed by atoms with Crippen LogP contribution in [0, 0.1) is 0 Å². The lowest BCUT2D eigenvalue weighted by molar-refractivity contribution is -0.646. The minimum atomic E-state index is 1.08. The van der Waals surface area contributed by atoms with Gasteiger partial charge in [-0.25, -0.2) is 9.13 Å². The van der Waals surface area contributed by atoms with Gasteiger partial charge in [0.25, 0.3) is 0 Å². The average Bonchev–Trinajstić information content (AvgIpc) is 2.97. The van der Waals surface area contributed by atoms with Crippen molar-refractivity contribution in [1.82, 2.24) is 4.57 Å². The average molecular weight is 375 g/mol. The van der Waals surface area contributed by atoms with E-state index in [2.05, 4.69) is 71.6 Å². The molecule has 0 saturated heterocycles. The first-order valence-electron chi connectivity index (χ1n) is 10.3. The molecule has 0 atom stereocenters. The monoisotopic (exact) mass is 374 g/mol. The van der Waals surface area contributed by atoms with Crippen molar-refractivity contribution in [3.8, 4) is 0 Å². The van der Waals surface area contributed by atoms with E-state index < -0.39 is 0 Å². The quantitative estimate of drug-likeness (QED) is 0.400. The molecule has 0 unspecified atom stereocenters. The SMILES string of the molecule is CN(/N=C/c1n(C)c2ccccc2[n+]1C)c1cc2c3c(c1)CCCN3CCC2. The van der Waals surface area contributed by atoms with Crippen molar-refractivity contribution in [3.63, 3.8) is 0 Å². The molecule has 0 spiro atoms. The first kappa shape index (κ1) is 17.3.